The maximum Gasteiger partial charge on any atom is 0.321 e. The highest BCUT2D eigenvalue weighted by Gasteiger charge is 2.32. The molecular weight excluding hydrogens is 346 g/mol. The normalized spacial score (nSPS) is 15.8. The van der Waals surface area contributed by atoms with Gasteiger partial charge in [-0.3, -0.25) is 9.59 Å². The quantitative estimate of drug-likeness (QED) is 0.666. The van der Waals surface area contributed by atoms with E-state index in [0.29, 0.717) is 17.1 Å². The van der Waals surface area contributed by atoms with Crippen LogP contribution in [0.25, 0.3) is 0 Å². The summed E-state index contributed by atoms with van der Waals surface area (Å²) in [6.07, 6.45) is 3.27. The van der Waals surface area contributed by atoms with Crippen LogP contribution in [0.4, 0.5) is 0 Å². The Morgan fingerprint density at radius 1 is 1.15 bits per heavy atom. The second-order valence-electron chi connectivity index (χ2n) is 6.36. The van der Waals surface area contributed by atoms with E-state index in [2.05, 4.69) is 9.97 Å². The number of fused-ring (bicyclic) bond motifs is 1. The first-order valence-electron chi connectivity index (χ1n) is 8.49. The standard InChI is InChI=1S/C20H17N3O4/c1-12-9-16-18(19(25)23(12)2)15(11-17(24)27-16)13-5-3-6-14(10-13)26-20-21-7-4-8-22-20/h3-10,15H,11H2,1-2H3/t15-/m1/s1. The smallest absolute Gasteiger partial charge is 0.321 e. The lowest BCUT2D eigenvalue weighted by Gasteiger charge is -2.25. The van der Waals surface area contributed by atoms with Gasteiger partial charge < -0.3 is 14.0 Å². The second kappa shape index (κ2) is 6.68. The number of benzene rings is 1. The molecule has 7 heteroatoms. The highest BCUT2D eigenvalue weighted by atomic mass is 16.5. The zero-order valence-electron chi connectivity index (χ0n) is 14.9. The van der Waals surface area contributed by atoms with Gasteiger partial charge in [-0.05, 0) is 30.7 Å². The molecule has 1 atom stereocenters. The first-order valence-corrected chi connectivity index (χ1v) is 8.49. The fraction of sp³-hybridized carbons (Fsp3) is 0.200. The monoisotopic (exact) mass is 363 g/mol. The molecule has 7 nitrogen and oxygen atoms in total. The van der Waals surface area contributed by atoms with Crippen molar-refractivity contribution in [1.82, 2.24) is 14.5 Å². The Bertz CT molecular complexity index is 1080. The minimum atomic E-state index is -0.402. The van der Waals surface area contributed by atoms with E-state index >= 15 is 0 Å². The number of carbonyl (C=O) groups is 1. The molecule has 136 valence electrons. The van der Waals surface area contributed by atoms with E-state index in [1.807, 2.05) is 12.1 Å². The van der Waals surface area contributed by atoms with E-state index in [-0.39, 0.29) is 24.0 Å². The molecule has 0 N–H and O–H groups in total. The van der Waals surface area contributed by atoms with Crippen LogP contribution in [-0.4, -0.2) is 20.5 Å². The molecule has 0 spiro atoms. The van der Waals surface area contributed by atoms with Crippen molar-refractivity contribution in [3.63, 3.8) is 0 Å². The van der Waals surface area contributed by atoms with Crippen molar-refractivity contribution in [2.24, 2.45) is 7.05 Å². The van der Waals surface area contributed by atoms with Crippen LogP contribution >= 0.6 is 0 Å². The van der Waals surface area contributed by atoms with E-state index in [0.717, 1.165) is 11.3 Å². The molecule has 0 saturated heterocycles. The maximum atomic E-state index is 12.8. The zero-order chi connectivity index (χ0) is 19.0. The number of nitrogens with zero attached hydrogens (tertiary/aromatic N) is 3. The molecule has 27 heavy (non-hydrogen) atoms. The minimum Gasteiger partial charge on any atom is -0.426 e. The number of hydrogen-bond donors (Lipinski definition) is 0. The van der Waals surface area contributed by atoms with Gasteiger partial charge in [-0.15, -0.1) is 0 Å². The highest BCUT2D eigenvalue weighted by molar-refractivity contribution is 5.77. The molecule has 0 aliphatic carbocycles. The predicted octanol–water partition coefficient (Wildman–Crippen LogP) is 2.72. The predicted molar refractivity (Wildman–Crippen MR) is 97.1 cm³/mol. The topological polar surface area (TPSA) is 83.3 Å². The third kappa shape index (κ3) is 3.19. The SMILES string of the molecule is Cc1cc2c(c(=O)n1C)[C@@H](c1cccc(Oc3ncccn3)c1)CC(=O)O2. The van der Waals surface area contributed by atoms with Crippen LogP contribution in [0, 0.1) is 6.92 Å². The summed E-state index contributed by atoms with van der Waals surface area (Å²) in [5.74, 6) is 0.0938. The summed E-state index contributed by atoms with van der Waals surface area (Å²) in [5.41, 5.74) is 1.84. The van der Waals surface area contributed by atoms with Crippen molar-refractivity contribution < 1.29 is 14.3 Å². The molecule has 4 rings (SSSR count). The van der Waals surface area contributed by atoms with Crippen LogP contribution in [0.15, 0.2) is 53.6 Å². The Morgan fingerprint density at radius 2 is 1.93 bits per heavy atom. The van der Waals surface area contributed by atoms with Crippen LogP contribution < -0.4 is 15.0 Å². The van der Waals surface area contributed by atoms with Gasteiger partial charge in [0.05, 0.1) is 12.0 Å². The molecule has 0 radical (unpaired) electrons. The number of ether oxygens (including phenoxy) is 2. The summed E-state index contributed by atoms with van der Waals surface area (Å²) < 4.78 is 12.6. The molecule has 0 bridgehead atoms. The molecule has 2 aromatic heterocycles. The van der Waals surface area contributed by atoms with Crippen molar-refractivity contribution in [1.29, 1.82) is 0 Å². The summed E-state index contributed by atoms with van der Waals surface area (Å²) in [6, 6.07) is 10.9. The number of aryl methyl sites for hydroxylation is 1. The Morgan fingerprint density at radius 3 is 2.70 bits per heavy atom. The van der Waals surface area contributed by atoms with Crippen molar-refractivity contribution in [2.45, 2.75) is 19.3 Å². The van der Waals surface area contributed by atoms with E-state index in [4.69, 9.17) is 9.47 Å². The van der Waals surface area contributed by atoms with Crippen LogP contribution in [0.5, 0.6) is 17.5 Å². The van der Waals surface area contributed by atoms with Gasteiger partial charge in [0.25, 0.3) is 5.56 Å². The first-order chi connectivity index (χ1) is 13.0. The van der Waals surface area contributed by atoms with Crippen LogP contribution in [0.2, 0.25) is 0 Å². The van der Waals surface area contributed by atoms with E-state index in [9.17, 15) is 9.59 Å². The maximum absolute atomic E-state index is 12.8. The lowest BCUT2D eigenvalue weighted by atomic mass is 9.87. The van der Waals surface area contributed by atoms with Crippen molar-refractivity contribution >= 4 is 5.97 Å². The van der Waals surface area contributed by atoms with Gasteiger partial charge in [-0.1, -0.05) is 12.1 Å². The fourth-order valence-corrected chi connectivity index (χ4v) is 3.17. The van der Waals surface area contributed by atoms with E-state index in [1.54, 1.807) is 55.2 Å². The number of carbonyl (C=O) groups excluding carboxylic acids is 1. The van der Waals surface area contributed by atoms with Gasteiger partial charge in [0, 0.05) is 37.1 Å². The van der Waals surface area contributed by atoms with Crippen molar-refractivity contribution in [3.05, 3.63) is 76.0 Å². The van der Waals surface area contributed by atoms with Gasteiger partial charge in [0.15, 0.2) is 0 Å². The average molecular weight is 363 g/mol. The fourth-order valence-electron chi connectivity index (χ4n) is 3.17. The summed E-state index contributed by atoms with van der Waals surface area (Å²) in [6.45, 7) is 1.80. The molecule has 0 fully saturated rings. The Balaban J connectivity index is 1.77. The lowest BCUT2D eigenvalue weighted by molar-refractivity contribution is -0.135. The summed E-state index contributed by atoms with van der Waals surface area (Å²) in [7, 11) is 1.71. The van der Waals surface area contributed by atoms with Crippen LogP contribution in [0.3, 0.4) is 0 Å². The van der Waals surface area contributed by atoms with Crippen LogP contribution in [-0.2, 0) is 11.8 Å². The highest BCUT2D eigenvalue weighted by Crippen LogP contribution is 2.38. The average Bonchev–Trinajstić information content (AvgIpc) is 2.66. The first kappa shape index (κ1) is 17.0. The Labute approximate surface area is 155 Å². The molecule has 3 aromatic rings. The lowest BCUT2D eigenvalue weighted by Crippen LogP contribution is -2.31. The van der Waals surface area contributed by atoms with Crippen molar-refractivity contribution in [3.8, 4) is 17.5 Å². The molecular formula is C20H17N3O4. The Kier molecular flexibility index (Phi) is 4.19. The van der Waals surface area contributed by atoms with E-state index < -0.39 is 5.92 Å². The molecule has 0 amide bonds. The van der Waals surface area contributed by atoms with Gasteiger partial charge in [-0.25, -0.2) is 9.97 Å². The van der Waals surface area contributed by atoms with Gasteiger partial charge >= 0.3 is 12.0 Å². The molecule has 1 aliphatic rings. The summed E-state index contributed by atoms with van der Waals surface area (Å²) >= 11 is 0. The largest absolute Gasteiger partial charge is 0.426 e. The number of hydrogen-bond acceptors (Lipinski definition) is 6. The number of esters is 1. The van der Waals surface area contributed by atoms with Gasteiger partial charge in [0.2, 0.25) is 0 Å². The molecule has 3 heterocycles. The number of aromatic nitrogens is 3. The van der Waals surface area contributed by atoms with Crippen LogP contribution in [0.1, 0.15) is 29.2 Å². The molecule has 0 unspecified atom stereocenters. The minimum absolute atomic E-state index is 0.0938. The van der Waals surface area contributed by atoms with E-state index in [1.165, 1.54) is 0 Å². The second-order valence-corrected chi connectivity index (χ2v) is 6.36. The van der Waals surface area contributed by atoms with Gasteiger partial charge in [0.1, 0.15) is 11.5 Å². The molecule has 1 aromatic carbocycles. The third-order valence-electron chi connectivity index (χ3n) is 4.62. The van der Waals surface area contributed by atoms with Gasteiger partial charge in [-0.2, -0.15) is 0 Å². The zero-order valence-corrected chi connectivity index (χ0v) is 14.9. The Hall–Kier alpha value is -3.48. The molecule has 0 saturated carbocycles. The summed E-state index contributed by atoms with van der Waals surface area (Å²) in [5, 5.41) is 0. The third-order valence-corrected chi connectivity index (χ3v) is 4.62. The number of rotatable bonds is 3. The van der Waals surface area contributed by atoms with Crippen molar-refractivity contribution in [2.75, 3.05) is 0 Å². The molecule has 1 aliphatic heterocycles. The number of pyridine rings is 1. The summed E-state index contributed by atoms with van der Waals surface area (Å²) in [4.78, 5) is 33.0.